The summed E-state index contributed by atoms with van der Waals surface area (Å²) in [4.78, 5) is 11.0. The van der Waals surface area contributed by atoms with Crippen LogP contribution in [0.1, 0.15) is 32.1 Å². The highest BCUT2D eigenvalue weighted by molar-refractivity contribution is 5.81. The molecule has 0 radical (unpaired) electrons. The van der Waals surface area contributed by atoms with Crippen molar-refractivity contribution in [2.24, 2.45) is 41.4 Å². The molecule has 20 heavy (non-hydrogen) atoms. The summed E-state index contributed by atoms with van der Waals surface area (Å²) < 4.78 is 5.10. The van der Waals surface area contributed by atoms with Crippen molar-refractivity contribution in [2.45, 2.75) is 32.1 Å². The summed E-state index contributed by atoms with van der Waals surface area (Å²) in [5.74, 6) is 6.46. The molecule has 3 fully saturated rings. The molecule has 2 heteroatoms. The fourth-order valence-corrected chi connectivity index (χ4v) is 6.06. The van der Waals surface area contributed by atoms with Crippen LogP contribution >= 0.6 is 0 Å². The predicted molar refractivity (Wildman–Crippen MR) is 77.8 cm³/mol. The van der Waals surface area contributed by atoms with Crippen LogP contribution in [-0.2, 0) is 9.53 Å². The average Bonchev–Trinajstić information content (AvgIpc) is 3.19. The van der Waals surface area contributed by atoms with Crippen LogP contribution in [0.4, 0.5) is 0 Å². The minimum absolute atomic E-state index is 0.281. The maximum Gasteiger partial charge on any atom is 0.330 e. The summed E-state index contributed by atoms with van der Waals surface area (Å²) >= 11 is 0. The van der Waals surface area contributed by atoms with Crippen LogP contribution in [0, 0.1) is 41.4 Å². The van der Waals surface area contributed by atoms with Gasteiger partial charge in [0.15, 0.2) is 0 Å². The van der Waals surface area contributed by atoms with E-state index >= 15 is 0 Å². The number of allylic oxidation sites excluding steroid dienone is 2. The highest BCUT2D eigenvalue weighted by Gasteiger charge is 2.60. The Balaban J connectivity index is 1.31. The Hall–Kier alpha value is -1.05. The van der Waals surface area contributed by atoms with E-state index in [0.717, 1.165) is 47.8 Å². The number of hydrogen-bond acceptors (Lipinski definition) is 2. The number of rotatable bonds is 5. The normalized spacial score (nSPS) is 46.7. The first-order chi connectivity index (χ1) is 9.78. The van der Waals surface area contributed by atoms with Crippen molar-refractivity contribution < 1.29 is 9.53 Å². The van der Waals surface area contributed by atoms with Crippen molar-refractivity contribution in [1.29, 1.82) is 0 Å². The van der Waals surface area contributed by atoms with Crippen molar-refractivity contribution in [1.82, 2.24) is 0 Å². The van der Waals surface area contributed by atoms with E-state index in [2.05, 4.69) is 18.7 Å². The van der Waals surface area contributed by atoms with Crippen LogP contribution in [0.3, 0.4) is 0 Å². The lowest BCUT2D eigenvalue weighted by molar-refractivity contribution is -0.137. The molecule has 0 aromatic carbocycles. The first kappa shape index (κ1) is 12.7. The van der Waals surface area contributed by atoms with E-state index in [4.69, 9.17) is 4.74 Å². The second-order valence-corrected chi connectivity index (χ2v) is 7.27. The second kappa shape index (κ2) is 4.75. The van der Waals surface area contributed by atoms with E-state index in [1.807, 2.05) is 0 Å². The minimum atomic E-state index is -0.281. The molecule has 0 heterocycles. The molecule has 4 rings (SSSR count). The molecule has 0 aromatic heterocycles. The molecule has 3 saturated carbocycles. The second-order valence-electron chi connectivity index (χ2n) is 7.27. The lowest BCUT2D eigenvalue weighted by atomic mass is 9.68. The van der Waals surface area contributed by atoms with Gasteiger partial charge in [0, 0.05) is 6.08 Å². The van der Waals surface area contributed by atoms with Crippen molar-refractivity contribution in [3.8, 4) is 0 Å². The molecule has 4 bridgehead atoms. The lowest BCUT2D eigenvalue weighted by Crippen LogP contribution is -2.31. The topological polar surface area (TPSA) is 26.3 Å². The van der Waals surface area contributed by atoms with Crippen LogP contribution in [0.5, 0.6) is 0 Å². The highest BCUT2D eigenvalue weighted by atomic mass is 16.5. The number of carbonyl (C=O) groups excluding carboxylic acids is 1. The summed E-state index contributed by atoms with van der Waals surface area (Å²) in [5.41, 5.74) is 0. The fourth-order valence-electron chi connectivity index (χ4n) is 6.06. The van der Waals surface area contributed by atoms with E-state index in [9.17, 15) is 4.79 Å². The summed E-state index contributed by atoms with van der Waals surface area (Å²) in [6.07, 6.45) is 12.9. The number of ether oxygens (including phenoxy) is 1. The van der Waals surface area contributed by atoms with E-state index in [-0.39, 0.29) is 5.97 Å². The molecule has 2 nitrogen and oxygen atoms in total. The molecule has 0 aliphatic heterocycles. The van der Waals surface area contributed by atoms with E-state index in [1.165, 1.54) is 31.8 Å². The van der Waals surface area contributed by atoms with Crippen molar-refractivity contribution in [3.05, 3.63) is 24.8 Å². The molecule has 4 aliphatic carbocycles. The van der Waals surface area contributed by atoms with Gasteiger partial charge in [-0.2, -0.15) is 0 Å². The van der Waals surface area contributed by atoms with Gasteiger partial charge in [-0.25, -0.2) is 4.79 Å². The zero-order valence-corrected chi connectivity index (χ0v) is 12.0. The van der Waals surface area contributed by atoms with E-state index in [1.54, 1.807) is 0 Å². The number of fused-ring (bicyclic) bond motifs is 9. The van der Waals surface area contributed by atoms with Gasteiger partial charge in [0.2, 0.25) is 0 Å². The van der Waals surface area contributed by atoms with Gasteiger partial charge in [0.1, 0.15) is 0 Å². The Kier molecular flexibility index (Phi) is 3.01. The van der Waals surface area contributed by atoms with Crippen LogP contribution in [-0.4, -0.2) is 12.6 Å². The Morgan fingerprint density at radius 1 is 1.20 bits per heavy atom. The van der Waals surface area contributed by atoms with Crippen LogP contribution < -0.4 is 0 Å². The molecule has 0 spiro atoms. The molecule has 0 aromatic rings. The highest BCUT2D eigenvalue weighted by Crippen LogP contribution is 2.67. The van der Waals surface area contributed by atoms with Gasteiger partial charge in [0.05, 0.1) is 6.61 Å². The molecule has 7 unspecified atom stereocenters. The van der Waals surface area contributed by atoms with E-state index < -0.39 is 0 Å². The van der Waals surface area contributed by atoms with Gasteiger partial charge in [0.25, 0.3) is 0 Å². The van der Waals surface area contributed by atoms with Crippen LogP contribution in [0.2, 0.25) is 0 Å². The van der Waals surface area contributed by atoms with Gasteiger partial charge in [-0.05, 0) is 73.5 Å². The monoisotopic (exact) mass is 272 g/mol. The van der Waals surface area contributed by atoms with Crippen molar-refractivity contribution >= 4 is 5.97 Å². The van der Waals surface area contributed by atoms with Gasteiger partial charge in [-0.1, -0.05) is 18.7 Å². The molecular formula is C18H24O2. The first-order valence-corrected chi connectivity index (χ1v) is 8.25. The Labute approximate surface area is 121 Å². The molecule has 0 saturated heterocycles. The quantitative estimate of drug-likeness (QED) is 0.251. The van der Waals surface area contributed by atoms with Gasteiger partial charge in [-0.15, -0.1) is 0 Å². The Morgan fingerprint density at radius 3 is 2.80 bits per heavy atom. The molecule has 0 amide bonds. The predicted octanol–water partition coefficient (Wildman–Crippen LogP) is 3.59. The zero-order valence-electron chi connectivity index (χ0n) is 12.0. The third-order valence-corrected chi connectivity index (χ3v) is 6.54. The Bertz CT molecular complexity index is 452. The summed E-state index contributed by atoms with van der Waals surface area (Å²) in [6, 6.07) is 0. The smallest absolute Gasteiger partial charge is 0.330 e. The van der Waals surface area contributed by atoms with Crippen molar-refractivity contribution in [2.75, 3.05) is 6.61 Å². The molecule has 108 valence electrons. The van der Waals surface area contributed by atoms with Crippen LogP contribution in [0.25, 0.3) is 0 Å². The molecule has 0 N–H and O–H groups in total. The van der Waals surface area contributed by atoms with Crippen molar-refractivity contribution in [3.63, 3.8) is 0 Å². The fraction of sp³-hybridized carbons (Fsp3) is 0.722. The third-order valence-electron chi connectivity index (χ3n) is 6.54. The number of carbonyl (C=O) groups is 1. The van der Waals surface area contributed by atoms with Gasteiger partial charge >= 0.3 is 5.97 Å². The maximum absolute atomic E-state index is 11.0. The SMILES string of the molecule is C=CC(=O)OCCCC1CC2CC1C1C3C=CC(C3)C21. The zero-order chi connectivity index (χ0) is 13.7. The first-order valence-electron chi connectivity index (χ1n) is 8.25. The average molecular weight is 272 g/mol. The Morgan fingerprint density at radius 2 is 2.00 bits per heavy atom. The summed E-state index contributed by atoms with van der Waals surface area (Å²) in [6.45, 7) is 3.99. The summed E-state index contributed by atoms with van der Waals surface area (Å²) in [5, 5.41) is 0. The third kappa shape index (κ3) is 1.80. The largest absolute Gasteiger partial charge is 0.463 e. The summed E-state index contributed by atoms with van der Waals surface area (Å²) in [7, 11) is 0. The lowest BCUT2D eigenvalue weighted by Gasteiger charge is -2.36. The maximum atomic E-state index is 11.0. The van der Waals surface area contributed by atoms with E-state index in [0.29, 0.717) is 6.61 Å². The number of esters is 1. The van der Waals surface area contributed by atoms with Crippen LogP contribution in [0.15, 0.2) is 24.8 Å². The minimum Gasteiger partial charge on any atom is -0.463 e. The standard InChI is InChI=1S/C18H24O2/c1-2-16(19)20-7-3-4-11-8-14-10-15(11)18-13-6-5-12(9-13)17(14)18/h2,5-6,11-15,17-18H,1,3-4,7-10H2. The van der Waals surface area contributed by atoms with Gasteiger partial charge < -0.3 is 4.74 Å². The molecule has 7 atom stereocenters. The molecule has 4 aliphatic rings. The number of hydrogen-bond donors (Lipinski definition) is 0. The van der Waals surface area contributed by atoms with Gasteiger partial charge in [-0.3, -0.25) is 0 Å². The molecular weight excluding hydrogens is 248 g/mol.